The van der Waals surface area contributed by atoms with Crippen LogP contribution in [-0.4, -0.2) is 45.7 Å². The molecule has 1 aromatic carbocycles. The largest absolute Gasteiger partial charge is 0.537 e. The second kappa shape index (κ2) is 6.26. The van der Waals surface area contributed by atoms with Crippen LogP contribution in [0.25, 0.3) is 0 Å². The molecule has 1 aromatic heterocycles. The van der Waals surface area contributed by atoms with Gasteiger partial charge in [0.2, 0.25) is 5.13 Å². The van der Waals surface area contributed by atoms with Gasteiger partial charge in [-0.1, -0.05) is 29.2 Å². The van der Waals surface area contributed by atoms with E-state index in [0.29, 0.717) is 21.5 Å². The predicted molar refractivity (Wildman–Crippen MR) is 86.2 cm³/mol. The van der Waals surface area contributed by atoms with Crippen molar-refractivity contribution in [2.24, 2.45) is 0 Å². The molecule has 11 heteroatoms. The molecule has 4 N–H and O–H groups in total. The third kappa shape index (κ3) is 3.07. The molecule has 0 saturated carbocycles. The van der Waals surface area contributed by atoms with E-state index in [1.165, 1.54) is 30.2 Å². The van der Waals surface area contributed by atoms with E-state index in [9.17, 15) is 14.9 Å². The monoisotopic (exact) mass is 353 g/mol. The number of aromatic nitrogens is 2. The summed E-state index contributed by atoms with van der Waals surface area (Å²) >= 11 is 2.51. The molecule has 1 aliphatic rings. The van der Waals surface area contributed by atoms with Crippen molar-refractivity contribution in [3.63, 3.8) is 0 Å². The summed E-state index contributed by atoms with van der Waals surface area (Å²) in [5.41, 5.74) is 6.13. The van der Waals surface area contributed by atoms with Crippen molar-refractivity contribution in [2.45, 2.75) is 15.9 Å². The number of thioether (sulfide) groups is 1. The number of hydrogen-bond acceptors (Lipinski definition) is 9. The van der Waals surface area contributed by atoms with Gasteiger partial charge in [-0.25, -0.2) is 4.79 Å². The molecule has 2 heterocycles. The molecule has 0 aliphatic carbocycles. The van der Waals surface area contributed by atoms with E-state index >= 15 is 0 Å². The number of carbonyl (C=O) groups is 1. The van der Waals surface area contributed by atoms with Crippen LogP contribution in [0.15, 0.2) is 16.5 Å². The number of hydrogen-bond donors (Lipinski definition) is 3. The summed E-state index contributed by atoms with van der Waals surface area (Å²) in [6.07, 6.45) is 0.422. The summed E-state index contributed by atoms with van der Waals surface area (Å²) in [4.78, 5) is 11.5. The Kier molecular flexibility index (Phi) is 4.33. The Hall–Kier alpha value is -1.98. The van der Waals surface area contributed by atoms with Crippen LogP contribution in [0.3, 0.4) is 0 Å². The van der Waals surface area contributed by atoms with Gasteiger partial charge in [0.15, 0.2) is 4.34 Å². The van der Waals surface area contributed by atoms with Crippen LogP contribution in [0.2, 0.25) is 0 Å². The first-order chi connectivity index (χ1) is 11.0. The topological polar surface area (TPSA) is 128 Å². The summed E-state index contributed by atoms with van der Waals surface area (Å²) in [6.45, 7) is 0. The fourth-order valence-electron chi connectivity index (χ4n) is 2.29. The lowest BCUT2D eigenvalue weighted by atomic mass is 9.77. The summed E-state index contributed by atoms with van der Waals surface area (Å²) in [5, 5.41) is 27.2. The smallest absolute Gasteiger partial charge is 0.534 e. The number of methoxy groups -OCH3 is 1. The molecule has 1 unspecified atom stereocenters. The van der Waals surface area contributed by atoms with Crippen LogP contribution >= 0.6 is 23.1 Å². The van der Waals surface area contributed by atoms with E-state index in [1.807, 2.05) is 0 Å². The molecule has 0 saturated heterocycles. The minimum atomic E-state index is -1.18. The number of fused-ring (bicyclic) bond motifs is 1. The normalized spacial score (nSPS) is 16.6. The van der Waals surface area contributed by atoms with Crippen LogP contribution in [0.4, 0.5) is 5.13 Å². The molecule has 120 valence electrons. The van der Waals surface area contributed by atoms with Crippen molar-refractivity contribution in [3.05, 3.63) is 23.3 Å². The number of aromatic carboxylic acids is 1. The first kappa shape index (κ1) is 15.9. The van der Waals surface area contributed by atoms with Crippen LogP contribution in [0.5, 0.6) is 11.5 Å². The highest BCUT2D eigenvalue weighted by Crippen LogP contribution is 2.40. The maximum absolute atomic E-state index is 11.5. The lowest BCUT2D eigenvalue weighted by Gasteiger charge is -2.27. The maximum Gasteiger partial charge on any atom is 0.537 e. The van der Waals surface area contributed by atoms with Crippen molar-refractivity contribution in [2.75, 3.05) is 12.8 Å². The fourth-order valence-corrected chi connectivity index (χ4v) is 4.23. The van der Waals surface area contributed by atoms with E-state index < -0.39 is 13.1 Å². The van der Waals surface area contributed by atoms with Crippen molar-refractivity contribution in [1.82, 2.24) is 10.2 Å². The number of benzene rings is 1. The number of ether oxygens (including phenoxy) is 1. The van der Waals surface area contributed by atoms with Crippen LogP contribution in [0.1, 0.15) is 15.9 Å². The predicted octanol–water partition coefficient (Wildman–Crippen LogP) is 0.943. The molecule has 0 spiro atoms. The molecule has 0 fully saturated rings. The summed E-state index contributed by atoms with van der Waals surface area (Å²) in [5.74, 6) is -0.849. The van der Waals surface area contributed by atoms with Crippen molar-refractivity contribution in [1.29, 1.82) is 0 Å². The average Bonchev–Trinajstić information content (AvgIpc) is 2.92. The highest BCUT2D eigenvalue weighted by Gasteiger charge is 2.39. The zero-order valence-electron chi connectivity index (χ0n) is 11.9. The molecule has 0 bridgehead atoms. The van der Waals surface area contributed by atoms with Gasteiger partial charge in [0, 0.05) is 0 Å². The minimum absolute atomic E-state index is 0.0901. The maximum atomic E-state index is 11.5. The lowest BCUT2D eigenvalue weighted by molar-refractivity contribution is 0.0690. The average molecular weight is 353 g/mol. The molecule has 1 aliphatic heterocycles. The Morgan fingerprint density at radius 2 is 2.35 bits per heavy atom. The molecule has 0 amide bonds. The van der Waals surface area contributed by atoms with Gasteiger partial charge in [0.1, 0.15) is 17.1 Å². The second-order valence-electron chi connectivity index (χ2n) is 4.71. The minimum Gasteiger partial charge on any atom is -0.534 e. The third-order valence-electron chi connectivity index (χ3n) is 3.29. The van der Waals surface area contributed by atoms with E-state index in [0.717, 1.165) is 0 Å². The van der Waals surface area contributed by atoms with Gasteiger partial charge in [-0.15, -0.1) is 10.2 Å². The molecule has 8 nitrogen and oxygen atoms in total. The summed E-state index contributed by atoms with van der Waals surface area (Å²) < 4.78 is 11.1. The van der Waals surface area contributed by atoms with E-state index in [-0.39, 0.29) is 22.2 Å². The van der Waals surface area contributed by atoms with E-state index in [1.54, 1.807) is 12.1 Å². The van der Waals surface area contributed by atoms with Crippen LogP contribution < -0.4 is 15.1 Å². The Balaban J connectivity index is 1.91. The Labute approximate surface area is 139 Å². The highest BCUT2D eigenvalue weighted by atomic mass is 32.2. The molecule has 1 atom stereocenters. The Bertz CT molecular complexity index is 756. The Morgan fingerprint density at radius 3 is 2.96 bits per heavy atom. The third-order valence-corrected chi connectivity index (χ3v) is 5.36. The molecule has 23 heavy (non-hydrogen) atoms. The van der Waals surface area contributed by atoms with Crippen molar-refractivity contribution in [3.8, 4) is 11.5 Å². The number of anilines is 1. The number of carboxylic acid groups (broad SMARTS) is 1. The fraction of sp³-hybridized carbons (Fsp3) is 0.250. The standard InChI is InChI=1S/C12H12BN3O5S2/c1-20-6-3-2-5-4-7(22-12-16-15-11(14)23-12)13(19)21-9(5)8(6)10(17)18/h2-3,7,19H,4H2,1H3,(H2,14,15)(H,17,18). The van der Waals surface area contributed by atoms with Gasteiger partial charge < -0.3 is 25.3 Å². The van der Waals surface area contributed by atoms with Crippen molar-refractivity contribution < 1.29 is 24.3 Å². The number of carboxylic acids is 1. The first-order valence-electron chi connectivity index (χ1n) is 6.53. The first-order valence-corrected chi connectivity index (χ1v) is 8.22. The van der Waals surface area contributed by atoms with Gasteiger partial charge in [0.05, 0.1) is 12.3 Å². The quantitative estimate of drug-likeness (QED) is 0.688. The second-order valence-corrected chi connectivity index (χ2v) is 7.21. The summed E-state index contributed by atoms with van der Waals surface area (Å²) in [7, 11) is 0.203. The zero-order chi connectivity index (χ0) is 16.6. The van der Waals surface area contributed by atoms with Crippen molar-refractivity contribution >= 4 is 41.3 Å². The van der Waals surface area contributed by atoms with E-state index in [2.05, 4.69) is 10.2 Å². The number of nitrogen functional groups attached to an aromatic ring is 1. The van der Waals surface area contributed by atoms with Crippen LogP contribution in [0, 0.1) is 0 Å². The SMILES string of the molecule is COc1ccc2c(c1C(=O)O)OB(O)C(Sc1nnc(N)s1)C2. The number of rotatable bonds is 4. The van der Waals surface area contributed by atoms with Crippen LogP contribution in [-0.2, 0) is 6.42 Å². The molecule has 0 radical (unpaired) electrons. The molecule has 2 aromatic rings. The van der Waals surface area contributed by atoms with E-state index in [4.69, 9.17) is 15.1 Å². The van der Waals surface area contributed by atoms with Gasteiger partial charge in [0.25, 0.3) is 0 Å². The number of nitrogens with zero attached hydrogens (tertiary/aromatic N) is 2. The van der Waals surface area contributed by atoms with Gasteiger partial charge in [-0.2, -0.15) is 0 Å². The molecular weight excluding hydrogens is 341 g/mol. The van der Waals surface area contributed by atoms with Gasteiger partial charge in [-0.3, -0.25) is 0 Å². The zero-order valence-corrected chi connectivity index (χ0v) is 13.6. The number of nitrogens with two attached hydrogens (primary N) is 1. The van der Waals surface area contributed by atoms with Gasteiger partial charge >= 0.3 is 13.1 Å². The Morgan fingerprint density at radius 1 is 1.57 bits per heavy atom. The molecular formula is C12H12BN3O5S2. The highest BCUT2D eigenvalue weighted by molar-refractivity contribution is 8.02. The molecule has 3 rings (SSSR count). The summed E-state index contributed by atoms with van der Waals surface area (Å²) in [6, 6.07) is 3.31. The van der Waals surface area contributed by atoms with Gasteiger partial charge in [-0.05, 0) is 18.1 Å². The lowest BCUT2D eigenvalue weighted by Crippen LogP contribution is -2.40.